The van der Waals surface area contributed by atoms with Gasteiger partial charge in [0.05, 0.1) is 11.4 Å². The van der Waals surface area contributed by atoms with E-state index >= 15 is 0 Å². The van der Waals surface area contributed by atoms with Crippen LogP contribution in [0.2, 0.25) is 0 Å². The molecule has 1 saturated carbocycles. The molecule has 1 heterocycles. The third-order valence-corrected chi connectivity index (χ3v) is 4.75. The van der Waals surface area contributed by atoms with E-state index in [9.17, 15) is 5.21 Å². The Bertz CT molecular complexity index is 579. The summed E-state index contributed by atoms with van der Waals surface area (Å²) < 4.78 is 0. The Balaban J connectivity index is 2.05. The number of rotatable bonds is 0. The topological polar surface area (TPSA) is 23.5 Å². The number of hydrogen-bond donors (Lipinski definition) is 1. The van der Waals surface area contributed by atoms with Crippen LogP contribution in [0.5, 0.6) is 0 Å². The monoisotopic (exact) mass is 251 g/mol. The average Bonchev–Trinajstić information content (AvgIpc) is 2.96. The molecule has 1 N–H and O–H groups in total. The van der Waals surface area contributed by atoms with Crippen molar-refractivity contribution in [2.24, 2.45) is 0 Å². The van der Waals surface area contributed by atoms with Crippen molar-refractivity contribution in [3.05, 3.63) is 59.7 Å². The van der Waals surface area contributed by atoms with Gasteiger partial charge < -0.3 is 0 Å². The van der Waals surface area contributed by atoms with Crippen molar-refractivity contribution in [1.82, 2.24) is 0 Å². The molecule has 1 aliphatic carbocycles. The van der Waals surface area contributed by atoms with Gasteiger partial charge in [-0.1, -0.05) is 49.2 Å². The predicted octanol–water partition coefficient (Wildman–Crippen LogP) is 4.39. The lowest BCUT2D eigenvalue weighted by Crippen LogP contribution is -2.33. The lowest BCUT2D eigenvalue weighted by Gasteiger charge is -2.41. The molecule has 0 atom stereocenters. The van der Waals surface area contributed by atoms with Gasteiger partial charge in [0, 0.05) is 5.41 Å². The largest absolute Gasteiger partial charge is 0.283 e. The Morgan fingerprint density at radius 2 is 1.26 bits per heavy atom. The second kappa shape index (κ2) is 3.84. The molecule has 4 rings (SSSR count). The first kappa shape index (κ1) is 11.1. The third-order valence-electron chi connectivity index (χ3n) is 4.75. The lowest BCUT2D eigenvalue weighted by atomic mass is 9.70. The fraction of sp³-hybridized carbons (Fsp3) is 0.294. The van der Waals surface area contributed by atoms with Gasteiger partial charge in [0.2, 0.25) is 0 Å². The molecule has 0 amide bonds. The summed E-state index contributed by atoms with van der Waals surface area (Å²) in [6, 6.07) is 16.6. The fourth-order valence-electron chi connectivity index (χ4n) is 3.92. The second-order valence-electron chi connectivity index (χ2n) is 5.64. The van der Waals surface area contributed by atoms with Crippen LogP contribution >= 0.6 is 0 Å². The first-order valence-corrected chi connectivity index (χ1v) is 7.01. The molecule has 0 aromatic heterocycles. The van der Waals surface area contributed by atoms with Crippen molar-refractivity contribution in [3.8, 4) is 0 Å². The smallest absolute Gasteiger partial charge is 0.0734 e. The average molecular weight is 251 g/mol. The van der Waals surface area contributed by atoms with Gasteiger partial charge in [0.1, 0.15) is 0 Å². The summed E-state index contributed by atoms with van der Waals surface area (Å²) in [7, 11) is 0. The van der Waals surface area contributed by atoms with Crippen LogP contribution in [0.25, 0.3) is 0 Å². The molecule has 2 aliphatic rings. The molecule has 2 heteroatoms. The van der Waals surface area contributed by atoms with Crippen LogP contribution in [-0.4, -0.2) is 5.21 Å². The summed E-state index contributed by atoms with van der Waals surface area (Å²) in [4.78, 5) is 0. The van der Waals surface area contributed by atoms with Crippen molar-refractivity contribution in [3.63, 3.8) is 0 Å². The van der Waals surface area contributed by atoms with Crippen molar-refractivity contribution in [1.29, 1.82) is 0 Å². The molecule has 2 aromatic rings. The summed E-state index contributed by atoms with van der Waals surface area (Å²) in [5.41, 5.74) is 4.58. The van der Waals surface area contributed by atoms with Crippen molar-refractivity contribution >= 4 is 11.4 Å². The van der Waals surface area contributed by atoms with E-state index in [-0.39, 0.29) is 5.41 Å². The van der Waals surface area contributed by atoms with Crippen LogP contribution in [0.4, 0.5) is 11.4 Å². The number of para-hydroxylation sites is 2. The first-order chi connectivity index (χ1) is 9.33. The van der Waals surface area contributed by atoms with E-state index in [4.69, 9.17) is 0 Å². The molecule has 0 radical (unpaired) electrons. The van der Waals surface area contributed by atoms with Gasteiger partial charge in [-0.05, 0) is 36.1 Å². The maximum absolute atomic E-state index is 10.5. The SMILES string of the molecule is ON1c2ccccc2C2(CCCC2)c2ccccc21. The zero-order valence-corrected chi connectivity index (χ0v) is 10.8. The van der Waals surface area contributed by atoms with Gasteiger partial charge in [0.25, 0.3) is 0 Å². The molecule has 19 heavy (non-hydrogen) atoms. The second-order valence-corrected chi connectivity index (χ2v) is 5.64. The van der Waals surface area contributed by atoms with E-state index < -0.39 is 0 Å². The summed E-state index contributed by atoms with van der Waals surface area (Å²) in [6.45, 7) is 0. The van der Waals surface area contributed by atoms with E-state index in [0.29, 0.717) is 0 Å². The van der Waals surface area contributed by atoms with E-state index in [1.165, 1.54) is 41.9 Å². The molecule has 1 fully saturated rings. The standard InChI is InChI=1S/C17H17NO/c19-18-15-9-3-1-7-13(15)17(11-5-6-12-17)14-8-2-4-10-16(14)18/h1-4,7-10,19H,5-6,11-12H2. The van der Waals surface area contributed by atoms with Gasteiger partial charge in [-0.2, -0.15) is 0 Å². The molecule has 0 unspecified atom stereocenters. The first-order valence-electron chi connectivity index (χ1n) is 7.01. The maximum atomic E-state index is 10.5. The van der Waals surface area contributed by atoms with Crippen LogP contribution in [0.1, 0.15) is 36.8 Å². The fourth-order valence-corrected chi connectivity index (χ4v) is 3.92. The highest BCUT2D eigenvalue weighted by molar-refractivity contribution is 5.76. The Labute approximate surface area is 113 Å². The Morgan fingerprint density at radius 1 is 0.789 bits per heavy atom. The summed E-state index contributed by atoms with van der Waals surface area (Å²) in [6.07, 6.45) is 4.92. The van der Waals surface area contributed by atoms with Crippen LogP contribution in [0, 0.1) is 0 Å². The number of anilines is 2. The van der Waals surface area contributed by atoms with Gasteiger partial charge >= 0.3 is 0 Å². The Morgan fingerprint density at radius 3 is 1.79 bits per heavy atom. The molecule has 1 spiro atoms. The van der Waals surface area contributed by atoms with Crippen LogP contribution in [0.15, 0.2) is 48.5 Å². The zero-order valence-electron chi connectivity index (χ0n) is 10.8. The number of hydrogen-bond acceptors (Lipinski definition) is 2. The molecule has 2 aromatic carbocycles. The minimum absolute atomic E-state index is 0.117. The summed E-state index contributed by atoms with van der Waals surface area (Å²) in [5.74, 6) is 0. The van der Waals surface area contributed by atoms with Crippen molar-refractivity contribution < 1.29 is 5.21 Å². The van der Waals surface area contributed by atoms with Crippen molar-refractivity contribution in [2.75, 3.05) is 5.06 Å². The molecule has 1 aliphatic heterocycles. The van der Waals surface area contributed by atoms with E-state index in [2.05, 4.69) is 24.3 Å². The maximum Gasteiger partial charge on any atom is 0.0734 e. The van der Waals surface area contributed by atoms with Gasteiger partial charge in [-0.3, -0.25) is 5.21 Å². The van der Waals surface area contributed by atoms with Gasteiger partial charge in [-0.25, -0.2) is 5.06 Å². The Hall–Kier alpha value is -1.80. The van der Waals surface area contributed by atoms with E-state index in [0.717, 1.165) is 11.4 Å². The Kier molecular flexibility index (Phi) is 2.24. The molecule has 96 valence electrons. The van der Waals surface area contributed by atoms with Gasteiger partial charge in [0.15, 0.2) is 0 Å². The summed E-state index contributed by atoms with van der Waals surface area (Å²) in [5, 5.41) is 11.8. The van der Waals surface area contributed by atoms with E-state index in [1.807, 2.05) is 24.3 Å². The van der Waals surface area contributed by atoms with Crippen molar-refractivity contribution in [2.45, 2.75) is 31.1 Å². The quantitative estimate of drug-likeness (QED) is 0.750. The molecule has 2 nitrogen and oxygen atoms in total. The predicted molar refractivity (Wildman–Crippen MR) is 76.1 cm³/mol. The number of benzene rings is 2. The number of nitrogens with zero attached hydrogens (tertiary/aromatic N) is 1. The van der Waals surface area contributed by atoms with E-state index in [1.54, 1.807) is 0 Å². The normalized spacial score (nSPS) is 19.3. The van der Waals surface area contributed by atoms with Crippen LogP contribution in [-0.2, 0) is 5.41 Å². The molecule has 0 bridgehead atoms. The van der Waals surface area contributed by atoms with Crippen LogP contribution < -0.4 is 5.06 Å². The van der Waals surface area contributed by atoms with Crippen LogP contribution in [0.3, 0.4) is 0 Å². The minimum Gasteiger partial charge on any atom is -0.283 e. The molecular formula is C17H17NO. The highest BCUT2D eigenvalue weighted by Crippen LogP contribution is 2.55. The molecule has 0 saturated heterocycles. The lowest BCUT2D eigenvalue weighted by molar-refractivity contribution is 0.290. The zero-order chi connectivity index (χ0) is 12.9. The van der Waals surface area contributed by atoms with Gasteiger partial charge in [-0.15, -0.1) is 0 Å². The number of fused-ring (bicyclic) bond motifs is 4. The summed E-state index contributed by atoms with van der Waals surface area (Å²) >= 11 is 0. The highest BCUT2D eigenvalue weighted by Gasteiger charge is 2.44. The third kappa shape index (κ3) is 1.35. The minimum atomic E-state index is 0.117. The molecular weight excluding hydrogens is 234 g/mol. The highest BCUT2D eigenvalue weighted by atomic mass is 16.5.